The number of hydrogen-bond acceptors (Lipinski definition) is 2. The molecule has 0 amide bonds. The van der Waals surface area contributed by atoms with Crippen LogP contribution in [0.25, 0.3) is 44.2 Å². The molecule has 0 bridgehead atoms. The van der Waals surface area contributed by atoms with E-state index >= 15 is 0 Å². The Hall–Kier alpha value is -2.78. The Balaban J connectivity index is 0.000000158. The third-order valence-electron chi connectivity index (χ3n) is 4.85. The van der Waals surface area contributed by atoms with Crippen molar-refractivity contribution in [3.8, 4) is 22.6 Å². The number of rotatable bonds is 2. The zero-order valence-electron chi connectivity index (χ0n) is 16.8. The van der Waals surface area contributed by atoms with Gasteiger partial charge in [-0.15, -0.1) is 57.9 Å². The Morgan fingerprint density at radius 3 is 1.35 bits per heavy atom. The molecule has 0 saturated carbocycles. The minimum absolute atomic E-state index is 0. The van der Waals surface area contributed by atoms with E-state index in [1.807, 2.05) is 48.5 Å². The number of benzene rings is 2. The van der Waals surface area contributed by atoms with Crippen molar-refractivity contribution in [2.24, 2.45) is 0 Å². The van der Waals surface area contributed by atoms with Gasteiger partial charge in [-0.05, 0) is 12.1 Å². The van der Waals surface area contributed by atoms with E-state index in [-0.39, 0.29) is 21.7 Å². The summed E-state index contributed by atoms with van der Waals surface area (Å²) in [6.07, 6.45) is 6.12. The molecule has 0 spiro atoms. The van der Waals surface area contributed by atoms with Crippen LogP contribution in [0.2, 0.25) is 0 Å². The molecule has 2 aromatic heterocycles. The van der Waals surface area contributed by atoms with Gasteiger partial charge in [0.1, 0.15) is 0 Å². The van der Waals surface area contributed by atoms with E-state index in [9.17, 15) is 0 Å². The first kappa shape index (κ1) is 22.9. The van der Waals surface area contributed by atoms with Crippen molar-refractivity contribution in [3.05, 3.63) is 116 Å². The third kappa shape index (κ3) is 5.29. The fraction of sp³-hybridized carbons (Fsp3) is 0. The van der Waals surface area contributed by atoms with Gasteiger partial charge in [-0.25, -0.2) is 0 Å². The van der Waals surface area contributed by atoms with Crippen LogP contribution < -0.4 is 0 Å². The summed E-state index contributed by atoms with van der Waals surface area (Å²) in [7, 11) is 0. The Bertz CT molecular complexity index is 1140. The smallest absolute Gasteiger partial charge is 0.499 e. The van der Waals surface area contributed by atoms with Gasteiger partial charge in [0.2, 0.25) is 0 Å². The van der Waals surface area contributed by atoms with Crippen molar-refractivity contribution in [2.45, 2.75) is 0 Å². The van der Waals surface area contributed by atoms with Gasteiger partial charge in [0.05, 0.1) is 24.0 Å². The Labute approximate surface area is 201 Å². The third-order valence-corrected chi connectivity index (χ3v) is 4.85. The van der Waals surface area contributed by atoms with Gasteiger partial charge in [-0.1, -0.05) is 59.7 Å². The van der Waals surface area contributed by atoms with Gasteiger partial charge in [-0.2, -0.15) is 0 Å². The first-order chi connectivity index (χ1) is 14.9. The van der Waals surface area contributed by atoms with Crippen LogP contribution in [0, 0.1) is 6.38 Å². The predicted molar refractivity (Wildman–Crippen MR) is 126 cm³/mol. The van der Waals surface area contributed by atoms with Crippen molar-refractivity contribution < 1.29 is 30.6 Å². The molecule has 0 aliphatic heterocycles. The van der Waals surface area contributed by atoms with Crippen molar-refractivity contribution in [1.29, 1.82) is 0 Å². The van der Waals surface area contributed by atoms with Crippen LogP contribution in [-0.2, 0) is 21.7 Å². The molecule has 0 unspecified atom stereocenters. The molecular weight excluding hydrogens is 440 g/mol. The van der Waals surface area contributed by atoms with E-state index in [4.69, 9.17) is 8.83 Å². The van der Waals surface area contributed by atoms with Crippen molar-refractivity contribution >= 4 is 33.1 Å². The van der Waals surface area contributed by atoms with E-state index < -0.39 is 0 Å². The minimum atomic E-state index is 0. The van der Waals surface area contributed by atoms with E-state index in [1.54, 1.807) is 12.5 Å². The quantitative estimate of drug-likeness (QED) is 0.191. The molecule has 0 saturated heterocycles. The van der Waals surface area contributed by atoms with Crippen LogP contribution in [0.5, 0.6) is 0 Å². The summed E-state index contributed by atoms with van der Waals surface area (Å²) in [6, 6.07) is 33.0. The Kier molecular flexibility index (Phi) is 8.14. The molecule has 0 atom stereocenters. The first-order valence-electron chi connectivity index (χ1n) is 9.52. The fourth-order valence-electron chi connectivity index (χ4n) is 3.47. The molecule has 0 aliphatic carbocycles. The maximum absolute atomic E-state index is 5.35. The number of hydrogen-bond donors (Lipinski definition) is 0. The van der Waals surface area contributed by atoms with Crippen LogP contribution in [0.4, 0.5) is 0 Å². The van der Waals surface area contributed by atoms with Gasteiger partial charge in [-0.3, -0.25) is 6.38 Å². The normalized spacial score (nSPS) is 10.0. The summed E-state index contributed by atoms with van der Waals surface area (Å²) in [5.41, 5.74) is 2.30. The number of fused-ring (bicyclic) bond motifs is 2. The summed E-state index contributed by atoms with van der Waals surface area (Å²) < 4.78 is 10.7. The van der Waals surface area contributed by atoms with Crippen LogP contribution in [-0.4, -0.2) is 0 Å². The second-order valence-electron chi connectivity index (χ2n) is 6.70. The average Bonchev–Trinajstić information content (AvgIpc) is 3.60. The van der Waals surface area contributed by atoms with E-state index in [0.29, 0.717) is 0 Å². The van der Waals surface area contributed by atoms with Crippen LogP contribution >= 0.6 is 11.6 Å². The van der Waals surface area contributed by atoms with Crippen LogP contribution in [0.3, 0.4) is 0 Å². The standard InChI is InChI=1S/2C13H9O.CH2Cl.Ti/c2*1-2-5-11-9-12(8-10(11)4-1)13-6-3-7-14-13;1-2;/h2*1-9H;1H2;/q3*-1;+3. The Morgan fingerprint density at radius 1 is 0.581 bits per heavy atom. The molecule has 2 nitrogen and oxygen atoms in total. The summed E-state index contributed by atoms with van der Waals surface area (Å²) >= 11 is 4.39. The van der Waals surface area contributed by atoms with E-state index in [1.165, 1.54) is 21.5 Å². The van der Waals surface area contributed by atoms with Crippen LogP contribution in [0.15, 0.2) is 118 Å². The summed E-state index contributed by atoms with van der Waals surface area (Å²) in [6.45, 7) is 0. The molecule has 31 heavy (non-hydrogen) atoms. The monoisotopic (exact) mass is 459 g/mol. The molecule has 4 heteroatoms. The fourth-order valence-corrected chi connectivity index (χ4v) is 3.47. The van der Waals surface area contributed by atoms with Gasteiger partial charge in [0.15, 0.2) is 0 Å². The molecule has 6 rings (SSSR count). The molecule has 151 valence electrons. The molecular formula is C27H20ClO2Ti. The average molecular weight is 460 g/mol. The maximum atomic E-state index is 5.35. The number of halogens is 1. The van der Waals surface area contributed by atoms with Crippen molar-refractivity contribution in [1.82, 2.24) is 0 Å². The topological polar surface area (TPSA) is 26.3 Å². The van der Waals surface area contributed by atoms with E-state index in [0.717, 1.165) is 22.6 Å². The van der Waals surface area contributed by atoms with Gasteiger partial charge in [0, 0.05) is 0 Å². The van der Waals surface area contributed by atoms with Crippen LogP contribution in [0.1, 0.15) is 0 Å². The van der Waals surface area contributed by atoms with E-state index in [2.05, 4.69) is 66.5 Å². The second kappa shape index (κ2) is 11.0. The molecule has 2 heterocycles. The SMILES string of the molecule is [CH2-]Cl.[Ti+3].c1coc(-c2cc3ccccc3[cH-]2)c1.c1coc(-c2cc3ccccc3[cH-]2)c1. The zero-order valence-corrected chi connectivity index (χ0v) is 19.1. The zero-order chi connectivity index (χ0) is 20.8. The summed E-state index contributed by atoms with van der Waals surface area (Å²) in [5.74, 6) is 1.86. The summed E-state index contributed by atoms with van der Waals surface area (Å²) in [5, 5.41) is 5.05. The first-order valence-corrected chi connectivity index (χ1v) is 10.1. The molecule has 0 fully saturated rings. The van der Waals surface area contributed by atoms with Gasteiger partial charge in [0.25, 0.3) is 0 Å². The van der Waals surface area contributed by atoms with Crippen molar-refractivity contribution in [3.63, 3.8) is 0 Å². The Morgan fingerprint density at radius 2 is 1.00 bits per heavy atom. The molecule has 0 N–H and O–H groups in total. The number of furan rings is 2. The largest absolute Gasteiger partial charge is 3.00 e. The van der Waals surface area contributed by atoms with Gasteiger partial charge < -0.3 is 20.4 Å². The predicted octanol–water partition coefficient (Wildman–Crippen LogP) is 8.65. The molecule has 1 radical (unpaired) electrons. The molecule has 6 aromatic rings. The molecule has 4 aromatic carbocycles. The minimum Gasteiger partial charge on any atom is -0.499 e. The van der Waals surface area contributed by atoms with Gasteiger partial charge >= 0.3 is 21.7 Å². The summed E-state index contributed by atoms with van der Waals surface area (Å²) in [4.78, 5) is 0. The maximum Gasteiger partial charge on any atom is 3.00 e. The molecule has 0 aliphatic rings. The van der Waals surface area contributed by atoms with Crippen molar-refractivity contribution in [2.75, 3.05) is 0 Å². The second-order valence-corrected chi connectivity index (χ2v) is 6.70.